The predicted octanol–water partition coefficient (Wildman–Crippen LogP) is 4.47. The van der Waals surface area contributed by atoms with Gasteiger partial charge in [-0.2, -0.15) is 0 Å². The van der Waals surface area contributed by atoms with Crippen molar-refractivity contribution in [1.29, 1.82) is 0 Å². The second-order valence-electron chi connectivity index (χ2n) is 5.02. The Kier molecular flexibility index (Phi) is 4.10. The molecule has 0 saturated heterocycles. The van der Waals surface area contributed by atoms with Gasteiger partial charge in [-0.15, -0.1) is 11.6 Å². The summed E-state index contributed by atoms with van der Waals surface area (Å²) in [5.74, 6) is 0.587. The summed E-state index contributed by atoms with van der Waals surface area (Å²) in [5.41, 5.74) is 0.184. The third kappa shape index (κ3) is 2.65. The predicted molar refractivity (Wildman–Crippen MR) is 57.8 cm³/mol. The molecule has 0 aromatic rings. The maximum absolute atomic E-state index is 6.54. The van der Waals surface area contributed by atoms with E-state index >= 15 is 0 Å². The third-order valence-electron chi connectivity index (χ3n) is 3.11. The quantitative estimate of drug-likeness (QED) is 0.577. The van der Waals surface area contributed by atoms with Crippen molar-refractivity contribution in [1.82, 2.24) is 0 Å². The minimum absolute atomic E-state index is 0.0803. The van der Waals surface area contributed by atoms with Crippen LogP contribution in [-0.2, 0) is 0 Å². The molecule has 2 unspecified atom stereocenters. The lowest BCUT2D eigenvalue weighted by Gasteiger charge is -2.41. The van der Waals surface area contributed by atoms with E-state index in [4.69, 9.17) is 11.6 Å². The van der Waals surface area contributed by atoms with Gasteiger partial charge in [-0.05, 0) is 24.7 Å². The standard InChI is InChI=1S/C11H23Cl/c1-7-8-9(2)11(6,12)10(3,4)5/h9H,7-8H2,1-6H3. The smallest absolute Gasteiger partial charge is 0.0492 e. The molecular weight excluding hydrogens is 168 g/mol. The average molecular weight is 191 g/mol. The molecule has 2 atom stereocenters. The summed E-state index contributed by atoms with van der Waals surface area (Å²) >= 11 is 6.54. The lowest BCUT2D eigenvalue weighted by atomic mass is 9.73. The molecule has 0 spiro atoms. The van der Waals surface area contributed by atoms with Gasteiger partial charge in [0.25, 0.3) is 0 Å². The zero-order chi connectivity index (χ0) is 9.99. The molecule has 0 fully saturated rings. The van der Waals surface area contributed by atoms with Crippen LogP contribution in [0, 0.1) is 11.3 Å². The fourth-order valence-corrected chi connectivity index (χ4v) is 1.55. The zero-order valence-electron chi connectivity index (χ0n) is 9.37. The number of alkyl halides is 1. The molecule has 0 aromatic carbocycles. The van der Waals surface area contributed by atoms with Gasteiger partial charge >= 0.3 is 0 Å². The lowest BCUT2D eigenvalue weighted by Crippen LogP contribution is -2.40. The van der Waals surface area contributed by atoms with E-state index in [2.05, 4.69) is 41.5 Å². The Bertz CT molecular complexity index is 130. The topological polar surface area (TPSA) is 0 Å². The first-order chi connectivity index (χ1) is 5.23. The molecule has 0 aromatic heterocycles. The Balaban J connectivity index is 4.38. The van der Waals surface area contributed by atoms with Gasteiger partial charge in [0, 0.05) is 4.87 Å². The van der Waals surface area contributed by atoms with Crippen LogP contribution in [0.4, 0.5) is 0 Å². The van der Waals surface area contributed by atoms with Crippen LogP contribution in [0.3, 0.4) is 0 Å². The zero-order valence-corrected chi connectivity index (χ0v) is 10.1. The van der Waals surface area contributed by atoms with Crippen LogP contribution >= 0.6 is 11.6 Å². The van der Waals surface area contributed by atoms with E-state index in [0.29, 0.717) is 5.92 Å². The second-order valence-corrected chi connectivity index (χ2v) is 5.80. The van der Waals surface area contributed by atoms with E-state index in [-0.39, 0.29) is 10.3 Å². The van der Waals surface area contributed by atoms with Crippen molar-refractivity contribution in [2.24, 2.45) is 11.3 Å². The first-order valence-corrected chi connectivity index (χ1v) is 5.30. The van der Waals surface area contributed by atoms with Crippen molar-refractivity contribution in [3.05, 3.63) is 0 Å². The summed E-state index contributed by atoms with van der Waals surface area (Å²) in [7, 11) is 0. The Morgan fingerprint density at radius 2 is 1.58 bits per heavy atom. The third-order valence-corrected chi connectivity index (χ3v) is 4.05. The number of halogens is 1. The van der Waals surface area contributed by atoms with Gasteiger partial charge in [0.15, 0.2) is 0 Å². The summed E-state index contributed by atoms with van der Waals surface area (Å²) in [4.78, 5) is -0.0803. The lowest BCUT2D eigenvalue weighted by molar-refractivity contribution is 0.210. The van der Waals surface area contributed by atoms with Crippen molar-refractivity contribution in [2.45, 2.75) is 59.3 Å². The summed E-state index contributed by atoms with van der Waals surface area (Å²) in [5, 5.41) is 0. The van der Waals surface area contributed by atoms with Crippen LogP contribution in [0.2, 0.25) is 0 Å². The van der Waals surface area contributed by atoms with Gasteiger partial charge in [-0.25, -0.2) is 0 Å². The van der Waals surface area contributed by atoms with Gasteiger partial charge in [0.2, 0.25) is 0 Å². The molecule has 0 heterocycles. The van der Waals surface area contributed by atoms with Crippen molar-refractivity contribution in [3.8, 4) is 0 Å². The van der Waals surface area contributed by atoms with Crippen molar-refractivity contribution in [2.75, 3.05) is 0 Å². The minimum atomic E-state index is -0.0803. The highest BCUT2D eigenvalue weighted by molar-refractivity contribution is 6.24. The van der Waals surface area contributed by atoms with Gasteiger partial charge < -0.3 is 0 Å². The molecule has 0 nitrogen and oxygen atoms in total. The summed E-state index contributed by atoms with van der Waals surface area (Å²) < 4.78 is 0. The maximum Gasteiger partial charge on any atom is 0.0492 e. The maximum atomic E-state index is 6.54. The van der Waals surface area contributed by atoms with E-state index in [1.54, 1.807) is 0 Å². The molecule has 0 bridgehead atoms. The van der Waals surface area contributed by atoms with Crippen LogP contribution in [0.25, 0.3) is 0 Å². The van der Waals surface area contributed by atoms with Crippen molar-refractivity contribution >= 4 is 11.6 Å². The molecule has 1 heteroatoms. The molecule has 0 rings (SSSR count). The van der Waals surface area contributed by atoms with Gasteiger partial charge in [-0.3, -0.25) is 0 Å². The van der Waals surface area contributed by atoms with Gasteiger partial charge in [-0.1, -0.05) is 41.0 Å². The van der Waals surface area contributed by atoms with E-state index < -0.39 is 0 Å². The van der Waals surface area contributed by atoms with Crippen LogP contribution in [0.1, 0.15) is 54.4 Å². The second kappa shape index (κ2) is 4.00. The normalized spacial score (nSPS) is 20.2. The Labute approximate surface area is 82.7 Å². The summed E-state index contributed by atoms with van der Waals surface area (Å²) in [6, 6.07) is 0. The number of hydrogen-bond donors (Lipinski definition) is 0. The van der Waals surface area contributed by atoms with Crippen LogP contribution < -0.4 is 0 Å². The molecule has 12 heavy (non-hydrogen) atoms. The first kappa shape index (κ1) is 12.3. The molecule has 0 aliphatic rings. The molecule has 0 saturated carbocycles. The first-order valence-electron chi connectivity index (χ1n) is 4.92. The largest absolute Gasteiger partial charge is 0.119 e. The highest BCUT2D eigenvalue weighted by Gasteiger charge is 2.39. The highest BCUT2D eigenvalue weighted by atomic mass is 35.5. The molecule has 0 aliphatic heterocycles. The minimum Gasteiger partial charge on any atom is -0.119 e. The van der Waals surface area contributed by atoms with Crippen molar-refractivity contribution < 1.29 is 0 Å². The monoisotopic (exact) mass is 190 g/mol. The Morgan fingerprint density at radius 3 is 1.83 bits per heavy atom. The van der Waals surface area contributed by atoms with E-state index in [0.717, 1.165) is 0 Å². The highest BCUT2D eigenvalue weighted by Crippen LogP contribution is 2.43. The molecule has 0 amide bonds. The average Bonchev–Trinajstić information content (AvgIpc) is 1.85. The van der Waals surface area contributed by atoms with Crippen LogP contribution in [-0.4, -0.2) is 4.87 Å². The Hall–Kier alpha value is 0.290. The molecular formula is C11H23Cl. The molecule has 74 valence electrons. The summed E-state index contributed by atoms with van der Waals surface area (Å²) in [6.07, 6.45) is 2.44. The number of hydrogen-bond acceptors (Lipinski definition) is 0. The number of rotatable bonds is 3. The van der Waals surface area contributed by atoms with E-state index in [1.807, 2.05) is 0 Å². The molecule has 0 radical (unpaired) electrons. The van der Waals surface area contributed by atoms with E-state index in [9.17, 15) is 0 Å². The fraction of sp³-hybridized carbons (Fsp3) is 1.00. The van der Waals surface area contributed by atoms with Crippen LogP contribution in [0.5, 0.6) is 0 Å². The van der Waals surface area contributed by atoms with Crippen molar-refractivity contribution in [3.63, 3.8) is 0 Å². The Morgan fingerprint density at radius 1 is 1.17 bits per heavy atom. The van der Waals surface area contributed by atoms with Crippen LogP contribution in [0.15, 0.2) is 0 Å². The van der Waals surface area contributed by atoms with E-state index in [1.165, 1.54) is 12.8 Å². The SMILES string of the molecule is CCCC(C)C(C)(Cl)C(C)(C)C. The van der Waals surface area contributed by atoms with Gasteiger partial charge in [0.05, 0.1) is 0 Å². The summed E-state index contributed by atoms with van der Waals surface area (Å²) in [6.45, 7) is 13.3. The molecule has 0 N–H and O–H groups in total. The van der Waals surface area contributed by atoms with Gasteiger partial charge in [0.1, 0.15) is 0 Å². The molecule has 0 aliphatic carbocycles. The fourth-order valence-electron chi connectivity index (χ4n) is 1.44.